The Bertz CT molecular complexity index is 758. The van der Waals surface area contributed by atoms with Crippen LogP contribution in [0.15, 0.2) is 24.4 Å². The van der Waals surface area contributed by atoms with Crippen molar-refractivity contribution in [2.75, 3.05) is 6.54 Å². The number of fused-ring (bicyclic) bond motifs is 1. The Morgan fingerprint density at radius 1 is 1.24 bits per heavy atom. The lowest BCUT2D eigenvalue weighted by molar-refractivity contribution is -0.137. The van der Waals surface area contributed by atoms with E-state index in [0.29, 0.717) is 19.2 Å². The molecule has 2 heterocycles. The van der Waals surface area contributed by atoms with E-state index in [4.69, 9.17) is 0 Å². The topological polar surface area (TPSA) is 29.0 Å². The highest BCUT2D eigenvalue weighted by Crippen LogP contribution is 2.30. The molecule has 0 fully saturated rings. The Labute approximate surface area is 143 Å². The molecule has 3 rings (SSSR count). The van der Waals surface area contributed by atoms with Crippen LogP contribution < -0.4 is 0 Å². The van der Waals surface area contributed by atoms with Gasteiger partial charge in [0.1, 0.15) is 11.6 Å². The fourth-order valence-electron chi connectivity index (χ4n) is 2.99. The molecule has 1 aromatic carbocycles. The maximum Gasteiger partial charge on any atom is 0.416 e. The smallest absolute Gasteiger partial charge is 0.294 e. The molecule has 1 aromatic heterocycles. The first kappa shape index (κ1) is 17.8. The van der Waals surface area contributed by atoms with E-state index >= 15 is 0 Å². The maximum atomic E-state index is 14.0. The van der Waals surface area contributed by atoms with Gasteiger partial charge in [0, 0.05) is 55.5 Å². The van der Waals surface area contributed by atoms with E-state index in [1.54, 1.807) is 0 Å². The molecule has 0 radical (unpaired) electrons. The monoisotopic (exact) mass is 353 g/mol. The number of halogens is 4. The largest absolute Gasteiger partial charge is 0.416 e. The minimum atomic E-state index is -4.53. The van der Waals surface area contributed by atoms with Crippen LogP contribution in [0.4, 0.5) is 17.6 Å². The van der Waals surface area contributed by atoms with Crippen LogP contribution >= 0.6 is 0 Å². The third-order valence-corrected chi connectivity index (χ3v) is 4.31. The molecule has 1 aliphatic heterocycles. The highest BCUT2D eigenvalue weighted by Gasteiger charge is 2.31. The molecule has 0 spiro atoms. The van der Waals surface area contributed by atoms with Crippen molar-refractivity contribution in [2.24, 2.45) is 0 Å². The van der Waals surface area contributed by atoms with E-state index in [2.05, 4.69) is 16.9 Å². The summed E-state index contributed by atoms with van der Waals surface area (Å²) < 4.78 is 51.9. The Kier molecular flexibility index (Phi) is 5.03. The van der Waals surface area contributed by atoms with Crippen molar-refractivity contribution in [3.63, 3.8) is 0 Å². The molecule has 0 N–H and O–H groups in total. The second-order valence-electron chi connectivity index (χ2n) is 6.27. The maximum absolute atomic E-state index is 14.0. The van der Waals surface area contributed by atoms with Gasteiger partial charge in [-0.2, -0.15) is 13.2 Å². The van der Waals surface area contributed by atoms with E-state index in [1.807, 2.05) is 11.1 Å². The standard InChI is InChI=1S/C18H19F4N3/c1-2-3-17-23-9-13-11-25(7-6-16(13)24-17)10-12-4-5-14(8-15(12)19)18(20,21)22/h4-5,8-9H,2-3,6-7,10-11H2,1H3. The predicted octanol–water partition coefficient (Wildman–Crippen LogP) is 4.15. The van der Waals surface area contributed by atoms with Crippen molar-refractivity contribution >= 4 is 0 Å². The van der Waals surface area contributed by atoms with E-state index in [1.165, 1.54) is 6.07 Å². The summed E-state index contributed by atoms with van der Waals surface area (Å²) in [5, 5.41) is 0. The minimum absolute atomic E-state index is 0.264. The predicted molar refractivity (Wildman–Crippen MR) is 85.2 cm³/mol. The van der Waals surface area contributed by atoms with Crippen LogP contribution in [0, 0.1) is 5.82 Å². The van der Waals surface area contributed by atoms with Gasteiger partial charge in [0.15, 0.2) is 0 Å². The van der Waals surface area contributed by atoms with Gasteiger partial charge in [0.2, 0.25) is 0 Å². The van der Waals surface area contributed by atoms with Gasteiger partial charge in [-0.3, -0.25) is 4.90 Å². The number of aryl methyl sites for hydroxylation is 1. The third kappa shape index (κ3) is 4.15. The fraction of sp³-hybridized carbons (Fsp3) is 0.444. The first-order valence-electron chi connectivity index (χ1n) is 8.28. The van der Waals surface area contributed by atoms with Gasteiger partial charge >= 0.3 is 6.18 Å². The van der Waals surface area contributed by atoms with Crippen LogP contribution in [0.2, 0.25) is 0 Å². The Hall–Kier alpha value is -2.02. The zero-order valence-corrected chi connectivity index (χ0v) is 13.9. The third-order valence-electron chi connectivity index (χ3n) is 4.31. The highest BCUT2D eigenvalue weighted by atomic mass is 19.4. The van der Waals surface area contributed by atoms with Crippen LogP contribution in [-0.2, 0) is 32.1 Å². The Balaban J connectivity index is 1.71. The molecular formula is C18H19F4N3. The molecule has 2 aromatic rings. The summed E-state index contributed by atoms with van der Waals surface area (Å²) in [6.07, 6.45) is -0.164. The molecule has 25 heavy (non-hydrogen) atoms. The summed E-state index contributed by atoms with van der Waals surface area (Å²) in [7, 11) is 0. The van der Waals surface area contributed by atoms with Crippen molar-refractivity contribution in [2.45, 2.75) is 45.5 Å². The quantitative estimate of drug-likeness (QED) is 0.774. The summed E-state index contributed by atoms with van der Waals surface area (Å²) >= 11 is 0. The fourth-order valence-corrected chi connectivity index (χ4v) is 2.99. The highest BCUT2D eigenvalue weighted by molar-refractivity contribution is 5.27. The van der Waals surface area contributed by atoms with Crippen molar-refractivity contribution < 1.29 is 17.6 Å². The van der Waals surface area contributed by atoms with Gasteiger partial charge in [-0.25, -0.2) is 14.4 Å². The zero-order valence-electron chi connectivity index (χ0n) is 13.9. The lowest BCUT2D eigenvalue weighted by Crippen LogP contribution is -2.31. The second-order valence-corrected chi connectivity index (χ2v) is 6.27. The van der Waals surface area contributed by atoms with Crippen molar-refractivity contribution in [1.82, 2.24) is 14.9 Å². The van der Waals surface area contributed by atoms with Gasteiger partial charge in [-0.15, -0.1) is 0 Å². The van der Waals surface area contributed by atoms with E-state index < -0.39 is 17.6 Å². The van der Waals surface area contributed by atoms with Crippen LogP contribution in [0.3, 0.4) is 0 Å². The van der Waals surface area contributed by atoms with Crippen molar-refractivity contribution in [3.05, 3.63) is 58.4 Å². The number of aromatic nitrogens is 2. The van der Waals surface area contributed by atoms with E-state index in [0.717, 1.165) is 42.4 Å². The summed E-state index contributed by atoms with van der Waals surface area (Å²) in [6, 6.07) is 2.71. The number of benzene rings is 1. The second kappa shape index (κ2) is 7.07. The van der Waals surface area contributed by atoms with Crippen LogP contribution in [0.25, 0.3) is 0 Å². The normalized spacial score (nSPS) is 15.2. The van der Waals surface area contributed by atoms with Gasteiger partial charge in [0.25, 0.3) is 0 Å². The van der Waals surface area contributed by atoms with E-state index in [9.17, 15) is 17.6 Å². The molecule has 3 nitrogen and oxygen atoms in total. The number of alkyl halides is 3. The van der Waals surface area contributed by atoms with Gasteiger partial charge in [0.05, 0.1) is 5.56 Å². The van der Waals surface area contributed by atoms with Crippen LogP contribution in [0.5, 0.6) is 0 Å². The molecule has 7 heteroatoms. The SMILES string of the molecule is CCCc1ncc2c(n1)CCN(Cc1ccc(C(F)(F)F)cc1F)C2. The zero-order chi connectivity index (χ0) is 18.0. The lowest BCUT2D eigenvalue weighted by Gasteiger charge is -2.28. The molecule has 0 saturated heterocycles. The van der Waals surface area contributed by atoms with Crippen molar-refractivity contribution in [1.29, 1.82) is 0 Å². The van der Waals surface area contributed by atoms with Crippen molar-refractivity contribution in [3.8, 4) is 0 Å². The number of hydrogen-bond acceptors (Lipinski definition) is 3. The molecule has 0 aliphatic carbocycles. The summed E-state index contributed by atoms with van der Waals surface area (Å²) in [4.78, 5) is 10.9. The van der Waals surface area contributed by atoms with Gasteiger partial charge in [-0.1, -0.05) is 13.0 Å². The first-order chi connectivity index (χ1) is 11.9. The molecular weight excluding hydrogens is 334 g/mol. The average molecular weight is 353 g/mol. The molecule has 0 saturated carbocycles. The number of nitrogens with zero attached hydrogens (tertiary/aromatic N) is 3. The summed E-state index contributed by atoms with van der Waals surface area (Å²) in [6.45, 7) is 3.60. The summed E-state index contributed by atoms with van der Waals surface area (Å²) in [5.74, 6) is 0.0126. The molecule has 1 aliphatic rings. The van der Waals surface area contributed by atoms with Crippen LogP contribution in [-0.4, -0.2) is 21.4 Å². The average Bonchev–Trinajstić information content (AvgIpc) is 2.56. The van der Waals surface area contributed by atoms with Gasteiger partial charge < -0.3 is 0 Å². The Morgan fingerprint density at radius 3 is 2.72 bits per heavy atom. The first-order valence-corrected chi connectivity index (χ1v) is 8.28. The molecule has 0 atom stereocenters. The van der Waals surface area contributed by atoms with E-state index in [-0.39, 0.29) is 12.1 Å². The molecule has 134 valence electrons. The molecule has 0 amide bonds. The summed E-state index contributed by atoms with van der Waals surface area (Å²) in [5.41, 5.74) is 1.32. The lowest BCUT2D eigenvalue weighted by atomic mass is 10.0. The Morgan fingerprint density at radius 2 is 2.04 bits per heavy atom. The number of hydrogen-bond donors (Lipinski definition) is 0. The minimum Gasteiger partial charge on any atom is -0.294 e. The molecule has 0 bridgehead atoms. The van der Waals surface area contributed by atoms with Gasteiger partial charge in [-0.05, 0) is 18.6 Å². The van der Waals surface area contributed by atoms with Crippen LogP contribution in [0.1, 0.15) is 41.6 Å². The number of rotatable bonds is 4. The molecule has 0 unspecified atom stereocenters.